The number of carbonyl (C=O) groups is 2. The summed E-state index contributed by atoms with van der Waals surface area (Å²) in [6.45, 7) is 0.670. The molecule has 0 spiro atoms. The number of nitrogens with one attached hydrogen (secondary N) is 1. The van der Waals surface area contributed by atoms with Gasteiger partial charge in [0.1, 0.15) is 4.88 Å². The van der Waals surface area contributed by atoms with E-state index in [1.54, 1.807) is 6.07 Å². The van der Waals surface area contributed by atoms with Gasteiger partial charge in [-0.15, -0.1) is 11.3 Å². The molecule has 0 aromatic carbocycles. The summed E-state index contributed by atoms with van der Waals surface area (Å²) in [7, 11) is 0. The van der Waals surface area contributed by atoms with Crippen LogP contribution in [0.25, 0.3) is 0 Å². The zero-order valence-corrected chi connectivity index (χ0v) is 10.8. The van der Waals surface area contributed by atoms with Crippen molar-refractivity contribution >= 4 is 35.0 Å². The number of thiophene rings is 1. The SMILES string of the molecule is O=C(O)c1ccc(C(=O)NCC2CCCS2)s1. The van der Waals surface area contributed by atoms with E-state index in [2.05, 4.69) is 5.32 Å². The highest BCUT2D eigenvalue weighted by Crippen LogP contribution is 2.25. The van der Waals surface area contributed by atoms with Gasteiger partial charge in [-0.3, -0.25) is 4.79 Å². The standard InChI is InChI=1S/C11H13NO3S2/c13-10(12-6-7-2-1-5-16-7)8-3-4-9(17-8)11(14)15/h3-4,7H,1-2,5-6H2,(H,12,13)(H,14,15). The third-order valence-corrected chi connectivity index (χ3v) is 5.03. The van der Waals surface area contributed by atoms with Crippen LogP contribution in [0.4, 0.5) is 0 Å². The van der Waals surface area contributed by atoms with Crippen LogP contribution in [-0.2, 0) is 0 Å². The van der Waals surface area contributed by atoms with Gasteiger partial charge in [0.15, 0.2) is 0 Å². The summed E-state index contributed by atoms with van der Waals surface area (Å²) >= 11 is 2.90. The van der Waals surface area contributed by atoms with E-state index in [9.17, 15) is 9.59 Å². The highest BCUT2D eigenvalue weighted by atomic mass is 32.2. The largest absolute Gasteiger partial charge is 0.477 e. The number of hydrogen-bond acceptors (Lipinski definition) is 4. The van der Waals surface area contributed by atoms with Gasteiger partial charge in [0.25, 0.3) is 5.91 Å². The summed E-state index contributed by atoms with van der Waals surface area (Å²) in [5.74, 6) is 0.0123. The van der Waals surface area contributed by atoms with Crippen LogP contribution in [0.2, 0.25) is 0 Å². The lowest BCUT2D eigenvalue weighted by Crippen LogP contribution is -2.29. The molecule has 0 bridgehead atoms. The van der Waals surface area contributed by atoms with Crippen LogP contribution in [0.1, 0.15) is 32.2 Å². The van der Waals surface area contributed by atoms with Gasteiger partial charge in [-0.05, 0) is 30.7 Å². The van der Waals surface area contributed by atoms with Gasteiger partial charge in [0, 0.05) is 11.8 Å². The first-order valence-corrected chi connectivity index (χ1v) is 7.26. The minimum atomic E-state index is -0.986. The Balaban J connectivity index is 1.87. The van der Waals surface area contributed by atoms with Crippen molar-refractivity contribution in [1.29, 1.82) is 0 Å². The van der Waals surface area contributed by atoms with Gasteiger partial charge in [0.2, 0.25) is 0 Å². The maximum atomic E-state index is 11.7. The van der Waals surface area contributed by atoms with E-state index in [4.69, 9.17) is 5.11 Å². The average Bonchev–Trinajstić information content (AvgIpc) is 2.96. The van der Waals surface area contributed by atoms with Crippen molar-refractivity contribution in [3.8, 4) is 0 Å². The lowest BCUT2D eigenvalue weighted by Gasteiger charge is -2.08. The zero-order chi connectivity index (χ0) is 12.3. The fourth-order valence-corrected chi connectivity index (χ4v) is 3.64. The van der Waals surface area contributed by atoms with Crippen molar-refractivity contribution in [1.82, 2.24) is 5.32 Å². The maximum Gasteiger partial charge on any atom is 0.345 e. The maximum absolute atomic E-state index is 11.7. The fourth-order valence-electron chi connectivity index (χ4n) is 1.67. The highest BCUT2D eigenvalue weighted by molar-refractivity contribution is 8.00. The number of carboxylic acids is 1. The second-order valence-corrected chi connectivity index (χ2v) is 6.31. The van der Waals surface area contributed by atoms with Crippen molar-refractivity contribution in [2.75, 3.05) is 12.3 Å². The summed E-state index contributed by atoms with van der Waals surface area (Å²) < 4.78 is 0. The number of carboxylic acid groups (broad SMARTS) is 1. The summed E-state index contributed by atoms with van der Waals surface area (Å²) in [6, 6.07) is 3.03. The fraction of sp³-hybridized carbons (Fsp3) is 0.455. The molecule has 17 heavy (non-hydrogen) atoms. The van der Waals surface area contributed by atoms with Crippen molar-refractivity contribution in [3.63, 3.8) is 0 Å². The van der Waals surface area contributed by atoms with E-state index in [-0.39, 0.29) is 10.8 Å². The Hall–Kier alpha value is -1.01. The third kappa shape index (κ3) is 3.23. The van der Waals surface area contributed by atoms with E-state index in [0.717, 1.165) is 17.8 Å². The van der Waals surface area contributed by atoms with Crippen LogP contribution >= 0.6 is 23.1 Å². The molecule has 4 nitrogen and oxygen atoms in total. The number of amides is 1. The van der Waals surface area contributed by atoms with Gasteiger partial charge in [-0.2, -0.15) is 11.8 Å². The minimum Gasteiger partial charge on any atom is -0.477 e. The average molecular weight is 271 g/mol. The number of thioether (sulfide) groups is 1. The van der Waals surface area contributed by atoms with E-state index in [0.29, 0.717) is 16.7 Å². The van der Waals surface area contributed by atoms with Crippen molar-refractivity contribution < 1.29 is 14.7 Å². The molecule has 1 atom stereocenters. The first kappa shape index (κ1) is 12.4. The zero-order valence-electron chi connectivity index (χ0n) is 9.14. The molecule has 2 heterocycles. The summed E-state index contributed by atoms with van der Waals surface area (Å²) in [5, 5.41) is 12.1. The molecular formula is C11H13NO3S2. The molecule has 1 unspecified atom stereocenters. The summed E-state index contributed by atoms with van der Waals surface area (Å²) in [4.78, 5) is 23.1. The number of aromatic carboxylic acids is 1. The summed E-state index contributed by atoms with van der Waals surface area (Å²) in [6.07, 6.45) is 2.36. The highest BCUT2D eigenvalue weighted by Gasteiger charge is 2.18. The van der Waals surface area contributed by atoms with E-state index >= 15 is 0 Å². The van der Waals surface area contributed by atoms with Gasteiger partial charge in [0.05, 0.1) is 4.88 Å². The van der Waals surface area contributed by atoms with Crippen molar-refractivity contribution in [3.05, 3.63) is 21.9 Å². The van der Waals surface area contributed by atoms with E-state index in [1.165, 1.54) is 18.2 Å². The first-order chi connectivity index (χ1) is 8.16. The van der Waals surface area contributed by atoms with Gasteiger partial charge < -0.3 is 10.4 Å². The monoisotopic (exact) mass is 271 g/mol. The Kier molecular flexibility index (Phi) is 4.06. The molecule has 1 amide bonds. The molecule has 6 heteroatoms. The van der Waals surface area contributed by atoms with Crippen molar-refractivity contribution in [2.24, 2.45) is 0 Å². The molecule has 0 aliphatic carbocycles. The van der Waals surface area contributed by atoms with Gasteiger partial charge >= 0.3 is 5.97 Å². The molecular weight excluding hydrogens is 258 g/mol. The molecule has 1 aromatic rings. The molecule has 92 valence electrons. The molecule has 1 saturated heterocycles. The predicted octanol–water partition coefficient (Wildman–Crippen LogP) is 2.07. The van der Waals surface area contributed by atoms with Gasteiger partial charge in [-0.1, -0.05) is 0 Å². The third-order valence-electron chi connectivity index (χ3n) is 2.55. The Labute approximate surface area is 107 Å². The van der Waals surface area contributed by atoms with Crippen LogP contribution in [0.15, 0.2) is 12.1 Å². The predicted molar refractivity (Wildman–Crippen MR) is 69.1 cm³/mol. The Bertz CT molecular complexity index is 424. The lowest BCUT2D eigenvalue weighted by atomic mass is 10.2. The Morgan fingerprint density at radius 1 is 1.41 bits per heavy atom. The molecule has 1 aromatic heterocycles. The Morgan fingerprint density at radius 3 is 2.76 bits per heavy atom. The molecule has 0 saturated carbocycles. The van der Waals surface area contributed by atoms with E-state index in [1.807, 2.05) is 11.8 Å². The second-order valence-electron chi connectivity index (χ2n) is 3.81. The van der Waals surface area contributed by atoms with Crippen LogP contribution < -0.4 is 5.32 Å². The van der Waals surface area contributed by atoms with Crippen LogP contribution in [0.3, 0.4) is 0 Å². The quantitative estimate of drug-likeness (QED) is 0.880. The normalized spacial score (nSPS) is 19.2. The molecule has 1 aliphatic heterocycles. The van der Waals surface area contributed by atoms with Gasteiger partial charge in [-0.25, -0.2) is 4.79 Å². The number of hydrogen-bond donors (Lipinski definition) is 2. The second kappa shape index (κ2) is 5.55. The number of carbonyl (C=O) groups excluding carboxylic acids is 1. The first-order valence-electron chi connectivity index (χ1n) is 5.40. The van der Waals surface area contributed by atoms with E-state index < -0.39 is 5.97 Å². The van der Waals surface area contributed by atoms with Crippen molar-refractivity contribution in [2.45, 2.75) is 18.1 Å². The molecule has 2 N–H and O–H groups in total. The Morgan fingerprint density at radius 2 is 2.18 bits per heavy atom. The lowest BCUT2D eigenvalue weighted by molar-refractivity contribution is 0.0702. The smallest absolute Gasteiger partial charge is 0.345 e. The summed E-state index contributed by atoms with van der Waals surface area (Å²) in [5.41, 5.74) is 0. The van der Waals surface area contributed by atoms with Crippen LogP contribution in [0, 0.1) is 0 Å². The van der Waals surface area contributed by atoms with Crippen LogP contribution in [0.5, 0.6) is 0 Å². The number of rotatable bonds is 4. The molecule has 1 fully saturated rings. The molecule has 1 aliphatic rings. The molecule has 0 radical (unpaired) electrons. The van der Waals surface area contributed by atoms with Crippen LogP contribution in [-0.4, -0.2) is 34.5 Å². The topological polar surface area (TPSA) is 66.4 Å². The minimum absolute atomic E-state index is 0.171. The molecule has 2 rings (SSSR count).